The summed E-state index contributed by atoms with van der Waals surface area (Å²) in [5, 5.41) is 9.08. The summed E-state index contributed by atoms with van der Waals surface area (Å²) in [7, 11) is 0. The maximum Gasteiger partial charge on any atom is 0.336 e. The summed E-state index contributed by atoms with van der Waals surface area (Å²) in [6.45, 7) is 1.74. The van der Waals surface area contributed by atoms with Crippen molar-refractivity contribution in [3.63, 3.8) is 0 Å². The van der Waals surface area contributed by atoms with Crippen LogP contribution in [-0.4, -0.2) is 11.1 Å². The topological polar surface area (TPSA) is 63.3 Å². The lowest BCUT2D eigenvalue weighted by molar-refractivity contribution is 0.0697. The highest BCUT2D eigenvalue weighted by Gasteiger charge is 2.09. The Morgan fingerprint density at radius 3 is 2.60 bits per heavy atom. The molecule has 0 saturated carbocycles. The minimum atomic E-state index is -0.912. The van der Waals surface area contributed by atoms with Crippen molar-refractivity contribution in [3.05, 3.63) is 16.5 Å². The zero-order valence-corrected chi connectivity index (χ0v) is 6.23. The van der Waals surface area contributed by atoms with Crippen molar-refractivity contribution in [2.24, 2.45) is 0 Å². The van der Waals surface area contributed by atoms with E-state index in [0.717, 1.165) is 4.88 Å². The monoisotopic (exact) mass is 157 g/mol. The van der Waals surface area contributed by atoms with Crippen LogP contribution >= 0.6 is 11.3 Å². The first-order valence-corrected chi connectivity index (χ1v) is 3.52. The fourth-order valence-corrected chi connectivity index (χ4v) is 1.50. The van der Waals surface area contributed by atoms with Crippen LogP contribution in [0.1, 0.15) is 15.2 Å². The summed E-state index contributed by atoms with van der Waals surface area (Å²) in [6.07, 6.45) is 0. The predicted molar refractivity (Wildman–Crippen MR) is 40.4 cm³/mol. The van der Waals surface area contributed by atoms with Gasteiger partial charge < -0.3 is 10.8 Å². The Morgan fingerprint density at radius 1 is 1.80 bits per heavy atom. The number of carboxylic acids is 1. The van der Waals surface area contributed by atoms with Gasteiger partial charge in [-0.15, -0.1) is 11.3 Å². The molecule has 1 aromatic rings. The lowest BCUT2D eigenvalue weighted by Crippen LogP contribution is -1.94. The van der Waals surface area contributed by atoms with Gasteiger partial charge in [0.1, 0.15) is 0 Å². The molecule has 0 atom stereocenters. The van der Waals surface area contributed by atoms with Crippen LogP contribution in [0.5, 0.6) is 0 Å². The number of carboxylic acid groups (broad SMARTS) is 1. The van der Waals surface area contributed by atoms with Crippen molar-refractivity contribution in [2.75, 3.05) is 5.73 Å². The van der Waals surface area contributed by atoms with Gasteiger partial charge in [-0.2, -0.15) is 0 Å². The van der Waals surface area contributed by atoms with E-state index < -0.39 is 5.97 Å². The highest BCUT2D eigenvalue weighted by Crippen LogP contribution is 2.22. The van der Waals surface area contributed by atoms with Crippen molar-refractivity contribution in [1.82, 2.24) is 0 Å². The van der Waals surface area contributed by atoms with E-state index in [4.69, 9.17) is 10.8 Å². The fourth-order valence-electron chi connectivity index (χ4n) is 0.717. The lowest BCUT2D eigenvalue weighted by atomic mass is 10.3. The maximum absolute atomic E-state index is 10.4. The van der Waals surface area contributed by atoms with Crippen molar-refractivity contribution < 1.29 is 9.90 Å². The number of hydrogen-bond donors (Lipinski definition) is 2. The SMILES string of the molecule is Cc1sc(N)cc1C(=O)O. The Labute approximate surface area is 62.1 Å². The van der Waals surface area contributed by atoms with Gasteiger partial charge >= 0.3 is 5.97 Å². The van der Waals surface area contributed by atoms with Crippen LogP contribution < -0.4 is 5.73 Å². The summed E-state index contributed by atoms with van der Waals surface area (Å²) in [4.78, 5) is 11.1. The zero-order valence-electron chi connectivity index (χ0n) is 5.42. The normalized spacial score (nSPS) is 9.70. The Bertz CT molecular complexity index is 267. The smallest absolute Gasteiger partial charge is 0.336 e. The van der Waals surface area contributed by atoms with Crippen LogP contribution in [0, 0.1) is 6.92 Å². The average molecular weight is 157 g/mol. The molecule has 0 saturated heterocycles. The van der Waals surface area contributed by atoms with Crippen LogP contribution in [-0.2, 0) is 0 Å². The molecule has 1 aromatic heterocycles. The molecule has 0 aromatic carbocycles. The number of rotatable bonds is 1. The van der Waals surface area contributed by atoms with Crippen LogP contribution in [0.3, 0.4) is 0 Å². The molecule has 1 rings (SSSR count). The average Bonchev–Trinajstić information content (AvgIpc) is 2.10. The minimum absolute atomic E-state index is 0.308. The maximum atomic E-state index is 10.4. The van der Waals surface area contributed by atoms with E-state index in [1.54, 1.807) is 6.92 Å². The van der Waals surface area contributed by atoms with Gasteiger partial charge in [0.05, 0.1) is 10.6 Å². The molecule has 54 valence electrons. The molecule has 0 aliphatic heterocycles. The van der Waals surface area contributed by atoms with Gasteiger partial charge in [-0.1, -0.05) is 0 Å². The third-order valence-electron chi connectivity index (χ3n) is 1.17. The molecule has 10 heavy (non-hydrogen) atoms. The lowest BCUT2D eigenvalue weighted by Gasteiger charge is -1.86. The second-order valence-corrected chi connectivity index (χ2v) is 3.21. The van der Waals surface area contributed by atoms with E-state index in [9.17, 15) is 4.79 Å². The van der Waals surface area contributed by atoms with Gasteiger partial charge in [0.2, 0.25) is 0 Å². The van der Waals surface area contributed by atoms with Crippen LogP contribution in [0.4, 0.5) is 5.00 Å². The van der Waals surface area contributed by atoms with E-state index in [1.807, 2.05) is 0 Å². The van der Waals surface area contributed by atoms with Crippen molar-refractivity contribution in [1.29, 1.82) is 0 Å². The van der Waals surface area contributed by atoms with E-state index in [-0.39, 0.29) is 0 Å². The number of nitrogens with two attached hydrogens (primary N) is 1. The fraction of sp³-hybridized carbons (Fsp3) is 0.167. The van der Waals surface area contributed by atoms with Crippen molar-refractivity contribution in [2.45, 2.75) is 6.92 Å². The first kappa shape index (κ1) is 7.08. The second kappa shape index (κ2) is 2.30. The Balaban J connectivity index is 3.15. The van der Waals surface area contributed by atoms with E-state index in [2.05, 4.69) is 0 Å². The number of carbonyl (C=O) groups is 1. The van der Waals surface area contributed by atoms with Crippen LogP contribution in [0.15, 0.2) is 6.07 Å². The quantitative estimate of drug-likeness (QED) is 0.646. The van der Waals surface area contributed by atoms with E-state index in [0.29, 0.717) is 10.6 Å². The number of anilines is 1. The zero-order chi connectivity index (χ0) is 7.72. The molecule has 0 fully saturated rings. The first-order chi connectivity index (χ1) is 4.61. The molecule has 3 N–H and O–H groups in total. The first-order valence-electron chi connectivity index (χ1n) is 2.70. The van der Waals surface area contributed by atoms with Crippen molar-refractivity contribution >= 4 is 22.3 Å². The molecule has 0 amide bonds. The highest BCUT2D eigenvalue weighted by atomic mass is 32.1. The third kappa shape index (κ3) is 1.11. The summed E-state index contributed by atoms with van der Waals surface area (Å²) >= 11 is 1.29. The Kier molecular flexibility index (Phi) is 1.63. The molecular formula is C6H7NO2S. The number of aromatic carboxylic acids is 1. The van der Waals surface area contributed by atoms with Gasteiger partial charge in [-0.05, 0) is 13.0 Å². The molecule has 4 heteroatoms. The standard InChI is InChI=1S/C6H7NO2S/c1-3-4(6(8)9)2-5(7)10-3/h2H,7H2,1H3,(H,8,9). The van der Waals surface area contributed by atoms with Crippen LogP contribution in [0.25, 0.3) is 0 Å². The summed E-state index contributed by atoms with van der Waals surface area (Å²) in [6, 6.07) is 1.47. The summed E-state index contributed by atoms with van der Waals surface area (Å²) < 4.78 is 0. The Morgan fingerprint density at radius 2 is 2.40 bits per heavy atom. The molecule has 0 spiro atoms. The Hall–Kier alpha value is -1.03. The molecule has 0 radical (unpaired) electrons. The molecule has 1 heterocycles. The highest BCUT2D eigenvalue weighted by molar-refractivity contribution is 7.16. The molecule has 0 bridgehead atoms. The number of thiophene rings is 1. The third-order valence-corrected chi connectivity index (χ3v) is 2.05. The van der Waals surface area contributed by atoms with Gasteiger partial charge in [0, 0.05) is 4.88 Å². The van der Waals surface area contributed by atoms with Crippen molar-refractivity contribution in [3.8, 4) is 0 Å². The van der Waals surface area contributed by atoms with Gasteiger partial charge in [0.25, 0.3) is 0 Å². The molecular weight excluding hydrogens is 150 g/mol. The summed E-state index contributed by atoms with van der Waals surface area (Å²) in [5.41, 5.74) is 5.68. The summed E-state index contributed by atoms with van der Waals surface area (Å²) in [5.74, 6) is -0.912. The van der Waals surface area contributed by atoms with E-state index in [1.165, 1.54) is 17.4 Å². The number of aryl methyl sites for hydroxylation is 1. The number of hydrogen-bond acceptors (Lipinski definition) is 3. The van der Waals surface area contributed by atoms with Gasteiger partial charge in [-0.3, -0.25) is 0 Å². The molecule has 3 nitrogen and oxygen atoms in total. The number of nitrogen functional groups attached to an aromatic ring is 1. The second-order valence-electron chi connectivity index (χ2n) is 1.92. The molecule has 0 aliphatic rings. The largest absolute Gasteiger partial charge is 0.478 e. The van der Waals surface area contributed by atoms with Gasteiger partial charge in [-0.25, -0.2) is 4.79 Å². The molecule has 0 unspecified atom stereocenters. The van der Waals surface area contributed by atoms with Crippen LogP contribution in [0.2, 0.25) is 0 Å². The van der Waals surface area contributed by atoms with E-state index >= 15 is 0 Å². The van der Waals surface area contributed by atoms with Gasteiger partial charge in [0.15, 0.2) is 0 Å². The predicted octanol–water partition coefficient (Wildman–Crippen LogP) is 1.34. The molecule has 0 aliphatic carbocycles. The minimum Gasteiger partial charge on any atom is -0.478 e.